The van der Waals surface area contributed by atoms with Crippen LogP contribution in [0.2, 0.25) is 0 Å². The standard InChI is InChI=1S/C18H21F2N/c1-11-5-6-15(9-12(11)2)13(3)21-14(4)16-7-8-17(19)18(20)10-16/h5-10,13-14,21H,1-4H3. The van der Waals surface area contributed by atoms with Crippen molar-refractivity contribution in [3.05, 3.63) is 70.3 Å². The molecule has 2 aromatic rings. The molecular formula is C18H21F2N. The zero-order chi connectivity index (χ0) is 15.6. The van der Waals surface area contributed by atoms with Gasteiger partial charge in [0.2, 0.25) is 0 Å². The number of hydrogen-bond acceptors (Lipinski definition) is 1. The Hall–Kier alpha value is -1.74. The quantitative estimate of drug-likeness (QED) is 0.835. The van der Waals surface area contributed by atoms with Gasteiger partial charge in [-0.25, -0.2) is 8.78 Å². The molecule has 0 radical (unpaired) electrons. The Morgan fingerprint density at radius 2 is 1.33 bits per heavy atom. The van der Waals surface area contributed by atoms with Crippen LogP contribution in [0.3, 0.4) is 0 Å². The largest absolute Gasteiger partial charge is 0.304 e. The van der Waals surface area contributed by atoms with Crippen LogP contribution in [0.5, 0.6) is 0 Å². The SMILES string of the molecule is Cc1ccc(C(C)NC(C)c2ccc(F)c(F)c2)cc1C. The lowest BCUT2D eigenvalue weighted by atomic mass is 10.0. The lowest BCUT2D eigenvalue weighted by Crippen LogP contribution is -2.22. The van der Waals surface area contributed by atoms with Crippen molar-refractivity contribution in [2.24, 2.45) is 0 Å². The van der Waals surface area contributed by atoms with Gasteiger partial charge in [-0.3, -0.25) is 0 Å². The van der Waals surface area contributed by atoms with Crippen molar-refractivity contribution in [3.63, 3.8) is 0 Å². The number of benzene rings is 2. The number of halogens is 2. The minimum absolute atomic E-state index is 0.0586. The van der Waals surface area contributed by atoms with E-state index >= 15 is 0 Å². The maximum atomic E-state index is 13.3. The molecule has 0 saturated carbocycles. The maximum Gasteiger partial charge on any atom is 0.159 e. The summed E-state index contributed by atoms with van der Waals surface area (Å²) >= 11 is 0. The normalized spacial score (nSPS) is 14.0. The van der Waals surface area contributed by atoms with Gasteiger partial charge in [0.1, 0.15) is 0 Å². The Morgan fingerprint density at radius 1 is 0.762 bits per heavy atom. The topological polar surface area (TPSA) is 12.0 Å². The van der Waals surface area contributed by atoms with Crippen LogP contribution in [-0.4, -0.2) is 0 Å². The minimum Gasteiger partial charge on any atom is -0.304 e. The Bertz CT molecular complexity index is 582. The van der Waals surface area contributed by atoms with Crippen LogP contribution in [0.4, 0.5) is 8.78 Å². The summed E-state index contributed by atoms with van der Waals surface area (Å²) in [5.41, 5.74) is 4.44. The highest BCUT2D eigenvalue weighted by atomic mass is 19.2. The van der Waals surface area contributed by atoms with Crippen LogP contribution >= 0.6 is 0 Å². The Morgan fingerprint density at radius 3 is 1.90 bits per heavy atom. The number of rotatable bonds is 4. The summed E-state index contributed by atoms with van der Waals surface area (Å²) in [6, 6.07) is 10.5. The van der Waals surface area contributed by atoms with E-state index in [1.807, 2.05) is 6.92 Å². The molecule has 2 unspecified atom stereocenters. The van der Waals surface area contributed by atoms with E-state index in [4.69, 9.17) is 0 Å². The van der Waals surface area contributed by atoms with E-state index in [1.165, 1.54) is 28.8 Å². The third kappa shape index (κ3) is 3.67. The zero-order valence-electron chi connectivity index (χ0n) is 12.9. The average molecular weight is 289 g/mol. The monoisotopic (exact) mass is 289 g/mol. The van der Waals surface area contributed by atoms with Gasteiger partial charge in [0, 0.05) is 12.1 Å². The summed E-state index contributed by atoms with van der Waals surface area (Å²) in [7, 11) is 0. The molecule has 1 nitrogen and oxygen atoms in total. The van der Waals surface area contributed by atoms with E-state index in [2.05, 4.69) is 44.3 Å². The fraction of sp³-hybridized carbons (Fsp3) is 0.333. The smallest absolute Gasteiger partial charge is 0.159 e. The highest BCUT2D eigenvalue weighted by Crippen LogP contribution is 2.22. The number of nitrogens with one attached hydrogen (secondary N) is 1. The molecule has 0 aliphatic carbocycles. The van der Waals surface area contributed by atoms with Crippen LogP contribution in [0.15, 0.2) is 36.4 Å². The molecule has 0 aromatic heterocycles. The lowest BCUT2D eigenvalue weighted by molar-refractivity contribution is 0.480. The Kier molecular flexibility index (Phi) is 4.73. The van der Waals surface area contributed by atoms with Crippen molar-refractivity contribution in [2.45, 2.75) is 39.8 Å². The van der Waals surface area contributed by atoms with Gasteiger partial charge in [0.25, 0.3) is 0 Å². The number of hydrogen-bond donors (Lipinski definition) is 1. The summed E-state index contributed by atoms with van der Waals surface area (Å²) in [6.07, 6.45) is 0. The van der Waals surface area contributed by atoms with Crippen LogP contribution in [0.25, 0.3) is 0 Å². The second-order valence-corrected chi connectivity index (χ2v) is 5.63. The van der Waals surface area contributed by atoms with E-state index in [0.29, 0.717) is 0 Å². The van der Waals surface area contributed by atoms with Gasteiger partial charge in [-0.05, 0) is 62.1 Å². The highest BCUT2D eigenvalue weighted by molar-refractivity contribution is 5.32. The molecule has 0 saturated heterocycles. The Labute approximate surface area is 125 Å². The van der Waals surface area contributed by atoms with Gasteiger partial charge in [0.05, 0.1) is 0 Å². The first kappa shape index (κ1) is 15.6. The first-order valence-corrected chi connectivity index (χ1v) is 7.16. The van der Waals surface area contributed by atoms with E-state index in [0.717, 1.165) is 5.56 Å². The van der Waals surface area contributed by atoms with Gasteiger partial charge in [-0.1, -0.05) is 24.3 Å². The van der Waals surface area contributed by atoms with E-state index in [-0.39, 0.29) is 12.1 Å². The van der Waals surface area contributed by atoms with Crippen LogP contribution in [0, 0.1) is 25.5 Å². The maximum absolute atomic E-state index is 13.3. The van der Waals surface area contributed by atoms with Crippen molar-refractivity contribution in [3.8, 4) is 0 Å². The lowest BCUT2D eigenvalue weighted by Gasteiger charge is -2.21. The number of aryl methyl sites for hydroxylation is 2. The van der Waals surface area contributed by atoms with Gasteiger partial charge < -0.3 is 5.32 Å². The van der Waals surface area contributed by atoms with Crippen molar-refractivity contribution in [1.82, 2.24) is 5.32 Å². The summed E-state index contributed by atoms with van der Waals surface area (Å²) < 4.78 is 26.3. The molecule has 0 aliphatic rings. The van der Waals surface area contributed by atoms with Crippen molar-refractivity contribution in [2.75, 3.05) is 0 Å². The molecule has 2 aromatic carbocycles. The minimum atomic E-state index is -0.812. The summed E-state index contributed by atoms with van der Waals surface area (Å²) in [5.74, 6) is -1.62. The summed E-state index contributed by atoms with van der Waals surface area (Å²) in [4.78, 5) is 0. The van der Waals surface area contributed by atoms with Crippen LogP contribution in [-0.2, 0) is 0 Å². The van der Waals surface area contributed by atoms with Crippen LogP contribution in [0.1, 0.15) is 48.2 Å². The fourth-order valence-electron chi connectivity index (χ4n) is 2.38. The molecule has 0 bridgehead atoms. The fourth-order valence-corrected chi connectivity index (χ4v) is 2.38. The molecule has 2 atom stereocenters. The molecule has 0 spiro atoms. The van der Waals surface area contributed by atoms with Crippen molar-refractivity contribution >= 4 is 0 Å². The third-order valence-corrected chi connectivity index (χ3v) is 3.97. The molecule has 2 rings (SSSR count). The van der Waals surface area contributed by atoms with Crippen LogP contribution < -0.4 is 5.32 Å². The zero-order valence-corrected chi connectivity index (χ0v) is 12.9. The van der Waals surface area contributed by atoms with Gasteiger partial charge in [0.15, 0.2) is 11.6 Å². The van der Waals surface area contributed by atoms with Crippen molar-refractivity contribution in [1.29, 1.82) is 0 Å². The van der Waals surface area contributed by atoms with E-state index in [1.54, 1.807) is 6.07 Å². The predicted octanol–water partition coefficient (Wildman–Crippen LogP) is 4.99. The van der Waals surface area contributed by atoms with E-state index in [9.17, 15) is 8.78 Å². The molecule has 1 N–H and O–H groups in total. The second-order valence-electron chi connectivity index (χ2n) is 5.63. The molecular weight excluding hydrogens is 268 g/mol. The van der Waals surface area contributed by atoms with Crippen molar-refractivity contribution < 1.29 is 8.78 Å². The van der Waals surface area contributed by atoms with Gasteiger partial charge in [-0.2, -0.15) is 0 Å². The van der Waals surface area contributed by atoms with E-state index < -0.39 is 11.6 Å². The predicted molar refractivity (Wildman–Crippen MR) is 82.2 cm³/mol. The second kappa shape index (κ2) is 6.35. The van der Waals surface area contributed by atoms with Gasteiger partial charge >= 0.3 is 0 Å². The summed E-state index contributed by atoms with van der Waals surface area (Å²) in [6.45, 7) is 8.19. The molecule has 0 amide bonds. The molecule has 3 heteroatoms. The molecule has 0 aliphatic heterocycles. The molecule has 112 valence electrons. The third-order valence-electron chi connectivity index (χ3n) is 3.97. The van der Waals surface area contributed by atoms with Gasteiger partial charge in [-0.15, -0.1) is 0 Å². The highest BCUT2D eigenvalue weighted by Gasteiger charge is 2.13. The molecule has 0 heterocycles. The first-order chi connectivity index (χ1) is 9.88. The molecule has 21 heavy (non-hydrogen) atoms. The average Bonchev–Trinajstić information content (AvgIpc) is 2.44. The summed E-state index contributed by atoms with van der Waals surface area (Å²) in [5, 5.41) is 3.42. The first-order valence-electron chi connectivity index (χ1n) is 7.16. The Balaban J connectivity index is 2.12. The molecule has 0 fully saturated rings.